The van der Waals surface area contributed by atoms with Gasteiger partial charge in [-0.1, -0.05) is 66.7 Å². The predicted octanol–water partition coefficient (Wildman–Crippen LogP) is 5.60. The van der Waals surface area contributed by atoms with Crippen LogP contribution in [0.4, 0.5) is 5.82 Å². The third-order valence-corrected chi connectivity index (χ3v) is 5.17. The number of aromatic nitrogens is 2. The lowest BCUT2D eigenvalue weighted by molar-refractivity contribution is 0.0948. The Morgan fingerprint density at radius 1 is 0.767 bits per heavy atom. The number of nitrogens with one attached hydrogen (secondary N) is 1. The zero-order valence-electron chi connectivity index (χ0n) is 16.8. The number of hydrogen-bond donors (Lipinski definition) is 1. The molecular formula is C26H23N3O. The van der Waals surface area contributed by atoms with Gasteiger partial charge in [0.25, 0.3) is 0 Å². The summed E-state index contributed by atoms with van der Waals surface area (Å²) in [5.74, 6) is 0.218. The summed E-state index contributed by atoms with van der Waals surface area (Å²) in [6, 6.07) is 28.6. The summed E-state index contributed by atoms with van der Waals surface area (Å²) >= 11 is 0. The number of benzene rings is 2. The molecule has 0 saturated carbocycles. The highest BCUT2D eigenvalue weighted by molar-refractivity contribution is 6.01. The summed E-state index contributed by atoms with van der Waals surface area (Å²) in [5.41, 5.74) is 3.54. The summed E-state index contributed by atoms with van der Waals surface area (Å²) < 4.78 is 0. The molecule has 0 aliphatic rings. The van der Waals surface area contributed by atoms with Crippen molar-refractivity contribution in [2.45, 2.75) is 18.9 Å². The SMILES string of the molecule is Cc1ccccc1[C@H](Nc1ccccn1)[C@H](C(=O)c1ccccc1)c1ccccn1. The molecule has 148 valence electrons. The van der Waals surface area contributed by atoms with Crippen LogP contribution in [0.5, 0.6) is 0 Å². The lowest BCUT2D eigenvalue weighted by atomic mass is 9.82. The van der Waals surface area contributed by atoms with Crippen LogP contribution in [0.25, 0.3) is 0 Å². The van der Waals surface area contributed by atoms with Crippen LogP contribution in [0, 0.1) is 6.92 Å². The minimum absolute atomic E-state index is 0.0194. The van der Waals surface area contributed by atoms with Crippen LogP contribution in [-0.4, -0.2) is 15.8 Å². The van der Waals surface area contributed by atoms with Crippen LogP contribution in [-0.2, 0) is 0 Å². The van der Waals surface area contributed by atoms with Gasteiger partial charge in [0, 0.05) is 18.0 Å². The van der Waals surface area contributed by atoms with Crippen LogP contribution < -0.4 is 5.32 Å². The Morgan fingerprint density at radius 2 is 1.43 bits per heavy atom. The maximum absolute atomic E-state index is 13.8. The summed E-state index contributed by atoms with van der Waals surface area (Å²) in [6.07, 6.45) is 3.47. The summed E-state index contributed by atoms with van der Waals surface area (Å²) in [6.45, 7) is 2.06. The van der Waals surface area contributed by atoms with Crippen molar-refractivity contribution in [1.82, 2.24) is 9.97 Å². The van der Waals surface area contributed by atoms with Gasteiger partial charge in [-0.15, -0.1) is 0 Å². The topological polar surface area (TPSA) is 54.9 Å². The second-order valence-corrected chi connectivity index (χ2v) is 7.16. The van der Waals surface area contributed by atoms with Gasteiger partial charge in [-0.2, -0.15) is 0 Å². The molecule has 4 rings (SSSR count). The Hall–Kier alpha value is -3.79. The molecule has 1 N–H and O–H groups in total. The van der Waals surface area contributed by atoms with Gasteiger partial charge in [0.1, 0.15) is 5.82 Å². The average molecular weight is 393 g/mol. The molecule has 4 heteroatoms. The van der Waals surface area contributed by atoms with Crippen molar-refractivity contribution in [3.63, 3.8) is 0 Å². The number of nitrogens with zero attached hydrogens (tertiary/aromatic N) is 2. The fraction of sp³-hybridized carbons (Fsp3) is 0.115. The summed E-state index contributed by atoms with van der Waals surface area (Å²) in [5, 5.41) is 3.51. The molecule has 4 nitrogen and oxygen atoms in total. The molecule has 0 aliphatic heterocycles. The van der Waals surface area contributed by atoms with Gasteiger partial charge in [0.2, 0.25) is 0 Å². The fourth-order valence-electron chi connectivity index (χ4n) is 3.68. The second-order valence-electron chi connectivity index (χ2n) is 7.16. The van der Waals surface area contributed by atoms with Gasteiger partial charge < -0.3 is 5.32 Å². The van der Waals surface area contributed by atoms with E-state index in [1.54, 1.807) is 12.4 Å². The highest BCUT2D eigenvalue weighted by atomic mass is 16.1. The zero-order valence-corrected chi connectivity index (χ0v) is 16.8. The first-order valence-corrected chi connectivity index (χ1v) is 9.97. The van der Waals surface area contributed by atoms with E-state index in [4.69, 9.17) is 0 Å². The van der Waals surface area contributed by atoms with Crippen molar-refractivity contribution in [3.8, 4) is 0 Å². The van der Waals surface area contributed by atoms with E-state index in [1.807, 2.05) is 78.9 Å². The molecular weight excluding hydrogens is 370 g/mol. The van der Waals surface area contributed by atoms with Crippen molar-refractivity contribution in [3.05, 3.63) is 126 Å². The predicted molar refractivity (Wildman–Crippen MR) is 120 cm³/mol. The molecule has 4 aromatic rings. The number of rotatable bonds is 7. The first-order valence-electron chi connectivity index (χ1n) is 9.97. The van der Waals surface area contributed by atoms with Crippen molar-refractivity contribution in [2.75, 3.05) is 5.32 Å². The Balaban J connectivity index is 1.86. The zero-order chi connectivity index (χ0) is 20.8. The van der Waals surface area contributed by atoms with Gasteiger partial charge in [-0.3, -0.25) is 9.78 Å². The van der Waals surface area contributed by atoms with Crippen molar-refractivity contribution < 1.29 is 4.79 Å². The van der Waals surface area contributed by atoms with E-state index < -0.39 is 5.92 Å². The number of anilines is 1. The molecule has 0 saturated heterocycles. The van der Waals surface area contributed by atoms with Crippen LogP contribution in [0.1, 0.15) is 39.1 Å². The molecule has 0 radical (unpaired) electrons. The maximum atomic E-state index is 13.8. The third kappa shape index (κ3) is 4.28. The number of Topliss-reactive ketones (excluding diaryl/α,β-unsaturated/α-hetero) is 1. The van der Waals surface area contributed by atoms with E-state index in [2.05, 4.69) is 34.3 Å². The third-order valence-electron chi connectivity index (χ3n) is 5.17. The number of carbonyl (C=O) groups excluding carboxylic acids is 1. The van der Waals surface area contributed by atoms with E-state index in [9.17, 15) is 4.79 Å². The second kappa shape index (κ2) is 9.14. The van der Waals surface area contributed by atoms with E-state index in [1.165, 1.54) is 0 Å². The largest absolute Gasteiger partial charge is 0.362 e. The number of hydrogen-bond acceptors (Lipinski definition) is 4. The lowest BCUT2D eigenvalue weighted by Crippen LogP contribution is -2.28. The van der Waals surface area contributed by atoms with E-state index in [0.29, 0.717) is 11.4 Å². The van der Waals surface area contributed by atoms with E-state index in [0.717, 1.165) is 16.8 Å². The number of ketones is 1. The van der Waals surface area contributed by atoms with Crippen LogP contribution in [0.15, 0.2) is 103 Å². The quantitative estimate of drug-likeness (QED) is 0.415. The van der Waals surface area contributed by atoms with Gasteiger partial charge in [0.05, 0.1) is 17.7 Å². The van der Waals surface area contributed by atoms with E-state index in [-0.39, 0.29) is 11.8 Å². The first kappa shape index (κ1) is 19.5. The van der Waals surface area contributed by atoms with Crippen molar-refractivity contribution in [1.29, 1.82) is 0 Å². The summed E-state index contributed by atoms with van der Waals surface area (Å²) in [7, 11) is 0. The number of pyridine rings is 2. The normalized spacial score (nSPS) is 12.7. The molecule has 2 aromatic carbocycles. The monoisotopic (exact) mass is 393 g/mol. The molecule has 2 heterocycles. The minimum Gasteiger partial charge on any atom is -0.362 e. The smallest absolute Gasteiger partial charge is 0.174 e. The molecule has 0 amide bonds. The molecule has 0 spiro atoms. The minimum atomic E-state index is -0.517. The Morgan fingerprint density at radius 3 is 2.10 bits per heavy atom. The number of aryl methyl sites for hydroxylation is 1. The average Bonchev–Trinajstić information content (AvgIpc) is 2.81. The molecule has 30 heavy (non-hydrogen) atoms. The van der Waals surface area contributed by atoms with Crippen molar-refractivity contribution >= 4 is 11.6 Å². The first-order chi connectivity index (χ1) is 14.7. The standard InChI is InChI=1S/C26H23N3O/c1-19-11-5-6-14-21(19)25(29-23-16-8-10-18-28-23)24(22-15-7-9-17-27-22)26(30)20-12-3-2-4-13-20/h2-18,24-25H,1H3,(H,28,29)/t24-,25+/m1/s1. The Bertz CT molecular complexity index is 1100. The van der Waals surface area contributed by atoms with Crippen LogP contribution in [0.2, 0.25) is 0 Å². The van der Waals surface area contributed by atoms with Gasteiger partial charge in [0.15, 0.2) is 5.78 Å². The summed E-state index contributed by atoms with van der Waals surface area (Å²) in [4.78, 5) is 22.8. The van der Waals surface area contributed by atoms with Crippen LogP contribution in [0.3, 0.4) is 0 Å². The van der Waals surface area contributed by atoms with Crippen LogP contribution >= 0.6 is 0 Å². The molecule has 2 atom stereocenters. The highest BCUT2D eigenvalue weighted by Gasteiger charge is 2.34. The molecule has 0 aliphatic carbocycles. The lowest BCUT2D eigenvalue weighted by Gasteiger charge is -2.29. The van der Waals surface area contributed by atoms with Gasteiger partial charge in [-0.05, 0) is 42.3 Å². The highest BCUT2D eigenvalue weighted by Crippen LogP contribution is 2.36. The molecule has 2 aromatic heterocycles. The van der Waals surface area contributed by atoms with Gasteiger partial charge in [-0.25, -0.2) is 4.98 Å². The van der Waals surface area contributed by atoms with Crippen molar-refractivity contribution in [2.24, 2.45) is 0 Å². The van der Waals surface area contributed by atoms with Gasteiger partial charge >= 0.3 is 0 Å². The molecule has 0 bridgehead atoms. The molecule has 0 fully saturated rings. The molecule has 0 unspecified atom stereocenters. The maximum Gasteiger partial charge on any atom is 0.174 e. The fourth-order valence-corrected chi connectivity index (χ4v) is 3.68. The Labute approximate surface area is 176 Å². The number of carbonyl (C=O) groups is 1. The van der Waals surface area contributed by atoms with E-state index >= 15 is 0 Å². The Kier molecular flexibility index (Phi) is 5.95.